The van der Waals surface area contributed by atoms with Gasteiger partial charge in [-0.15, -0.1) is 0 Å². The summed E-state index contributed by atoms with van der Waals surface area (Å²) in [5.41, 5.74) is 7.31. The van der Waals surface area contributed by atoms with Crippen molar-refractivity contribution in [3.63, 3.8) is 0 Å². The lowest BCUT2D eigenvalue weighted by Gasteiger charge is -2.19. The van der Waals surface area contributed by atoms with Crippen LogP contribution < -0.4 is 10.5 Å². The molecule has 1 fully saturated rings. The number of nitrogen functional groups attached to an aromatic ring is 1. The first-order valence-corrected chi connectivity index (χ1v) is 7.37. The Balaban J connectivity index is 1.86. The second kappa shape index (κ2) is 7.43. The molecule has 116 valence electrons. The topological polar surface area (TPSA) is 71.6 Å². The summed E-state index contributed by atoms with van der Waals surface area (Å²) in [4.78, 5) is 2.19. The molecule has 5 nitrogen and oxygen atoms in total. The minimum absolute atomic E-state index is 0.0781. The van der Waals surface area contributed by atoms with Gasteiger partial charge >= 0.3 is 0 Å². The van der Waals surface area contributed by atoms with Gasteiger partial charge in [0, 0.05) is 30.8 Å². The zero-order valence-corrected chi connectivity index (χ0v) is 12.9. The molecule has 0 bridgehead atoms. The minimum atomic E-state index is 0.0781. The molecule has 1 saturated carbocycles. The number of ether oxygens (including phenoxy) is 2. The summed E-state index contributed by atoms with van der Waals surface area (Å²) >= 11 is 0. The van der Waals surface area contributed by atoms with Gasteiger partial charge in [0.05, 0.1) is 13.7 Å². The largest absolute Gasteiger partial charge is 0.496 e. The summed E-state index contributed by atoms with van der Waals surface area (Å²) in [6, 6.07) is 5.59. The van der Waals surface area contributed by atoms with Crippen LogP contribution in [0.2, 0.25) is 0 Å². The van der Waals surface area contributed by atoms with Crippen LogP contribution in [0.1, 0.15) is 24.0 Å². The fourth-order valence-corrected chi connectivity index (χ4v) is 2.19. The molecule has 0 heterocycles. The maximum atomic E-state index is 7.53. The minimum Gasteiger partial charge on any atom is -0.496 e. The normalized spacial score (nSPS) is 14.4. The lowest BCUT2D eigenvalue weighted by atomic mass is 10.1. The van der Waals surface area contributed by atoms with E-state index in [2.05, 4.69) is 11.9 Å². The van der Waals surface area contributed by atoms with Crippen molar-refractivity contribution in [3.05, 3.63) is 29.3 Å². The van der Waals surface area contributed by atoms with Gasteiger partial charge in [0.15, 0.2) is 0 Å². The second-order valence-electron chi connectivity index (χ2n) is 5.70. The van der Waals surface area contributed by atoms with Crippen LogP contribution in [0.15, 0.2) is 18.2 Å². The molecular formula is C16H25N3O2. The predicted octanol–water partition coefficient (Wildman–Crippen LogP) is 1.84. The molecule has 5 heteroatoms. The predicted molar refractivity (Wildman–Crippen MR) is 83.9 cm³/mol. The smallest absolute Gasteiger partial charge is 0.123 e. The van der Waals surface area contributed by atoms with Crippen molar-refractivity contribution in [2.75, 3.05) is 33.9 Å². The molecule has 0 amide bonds. The van der Waals surface area contributed by atoms with E-state index in [9.17, 15) is 0 Å². The summed E-state index contributed by atoms with van der Waals surface area (Å²) in [5, 5.41) is 7.53. The van der Waals surface area contributed by atoms with E-state index in [4.69, 9.17) is 20.6 Å². The van der Waals surface area contributed by atoms with Crippen LogP contribution in [0.5, 0.6) is 5.75 Å². The van der Waals surface area contributed by atoms with Crippen LogP contribution in [0.3, 0.4) is 0 Å². The van der Waals surface area contributed by atoms with Gasteiger partial charge in [-0.05, 0) is 44.0 Å². The lowest BCUT2D eigenvalue weighted by Crippen LogP contribution is -2.23. The number of amidine groups is 1. The number of likely N-dealkylation sites (N-methyl/N-ethyl adjacent to an activating group) is 1. The third-order valence-electron chi connectivity index (χ3n) is 3.70. The van der Waals surface area contributed by atoms with E-state index in [0.717, 1.165) is 49.1 Å². The van der Waals surface area contributed by atoms with Gasteiger partial charge in [-0.1, -0.05) is 0 Å². The van der Waals surface area contributed by atoms with E-state index < -0.39 is 0 Å². The molecule has 0 aliphatic heterocycles. The molecule has 21 heavy (non-hydrogen) atoms. The van der Waals surface area contributed by atoms with Gasteiger partial charge in [0.25, 0.3) is 0 Å². The van der Waals surface area contributed by atoms with E-state index >= 15 is 0 Å². The number of nitrogens with one attached hydrogen (secondary N) is 1. The van der Waals surface area contributed by atoms with Gasteiger partial charge < -0.3 is 15.2 Å². The van der Waals surface area contributed by atoms with Crippen molar-refractivity contribution in [2.45, 2.75) is 19.4 Å². The summed E-state index contributed by atoms with van der Waals surface area (Å²) in [6.45, 7) is 3.27. The highest BCUT2D eigenvalue weighted by atomic mass is 16.5. The highest BCUT2D eigenvalue weighted by molar-refractivity contribution is 5.95. The van der Waals surface area contributed by atoms with Gasteiger partial charge in [-0.3, -0.25) is 10.3 Å². The number of nitrogens with two attached hydrogens (primary N) is 1. The maximum Gasteiger partial charge on any atom is 0.123 e. The van der Waals surface area contributed by atoms with E-state index in [1.54, 1.807) is 7.11 Å². The molecule has 0 spiro atoms. The number of hydrogen-bond acceptors (Lipinski definition) is 4. The Hall–Kier alpha value is -1.59. The molecule has 0 radical (unpaired) electrons. The summed E-state index contributed by atoms with van der Waals surface area (Å²) in [6.07, 6.45) is 2.65. The van der Waals surface area contributed by atoms with Crippen molar-refractivity contribution < 1.29 is 9.47 Å². The van der Waals surface area contributed by atoms with Crippen molar-refractivity contribution in [2.24, 2.45) is 11.7 Å². The zero-order valence-electron chi connectivity index (χ0n) is 12.9. The number of hydrogen-bond donors (Lipinski definition) is 2. The van der Waals surface area contributed by atoms with Gasteiger partial charge in [0.1, 0.15) is 11.6 Å². The molecule has 1 aliphatic rings. The maximum absolute atomic E-state index is 7.53. The van der Waals surface area contributed by atoms with E-state index in [1.165, 1.54) is 12.8 Å². The van der Waals surface area contributed by atoms with Crippen molar-refractivity contribution >= 4 is 5.84 Å². The molecule has 1 aromatic carbocycles. The quantitative estimate of drug-likeness (QED) is 0.414. The average molecular weight is 291 g/mol. The number of methoxy groups -OCH3 is 1. The average Bonchev–Trinajstić information content (AvgIpc) is 3.27. The Labute approximate surface area is 126 Å². The van der Waals surface area contributed by atoms with Gasteiger partial charge in [-0.2, -0.15) is 0 Å². The first kappa shape index (κ1) is 15.8. The number of nitrogens with zero attached hydrogens (tertiary/aromatic N) is 1. The molecular weight excluding hydrogens is 266 g/mol. The van der Waals surface area contributed by atoms with Crippen LogP contribution >= 0.6 is 0 Å². The van der Waals surface area contributed by atoms with Crippen molar-refractivity contribution in [3.8, 4) is 5.75 Å². The number of benzene rings is 1. The Morgan fingerprint density at radius 3 is 2.81 bits per heavy atom. The van der Waals surface area contributed by atoms with Gasteiger partial charge in [-0.25, -0.2) is 0 Å². The molecule has 0 unspecified atom stereocenters. The monoisotopic (exact) mass is 291 g/mol. The second-order valence-corrected chi connectivity index (χ2v) is 5.70. The third-order valence-corrected chi connectivity index (χ3v) is 3.70. The van der Waals surface area contributed by atoms with Crippen molar-refractivity contribution in [1.82, 2.24) is 4.90 Å². The van der Waals surface area contributed by atoms with Crippen LogP contribution in [0.4, 0.5) is 0 Å². The molecule has 2 rings (SSSR count). The summed E-state index contributed by atoms with van der Waals surface area (Å²) in [7, 11) is 3.71. The zero-order chi connectivity index (χ0) is 15.2. The fourth-order valence-electron chi connectivity index (χ4n) is 2.19. The SMILES string of the molecule is COc1ccc(C(=N)N)cc1CN(C)CCOCC1CC1. The lowest BCUT2D eigenvalue weighted by molar-refractivity contribution is 0.102. The number of rotatable bonds is 9. The Kier molecular flexibility index (Phi) is 5.59. The van der Waals surface area contributed by atoms with Crippen molar-refractivity contribution in [1.29, 1.82) is 5.41 Å². The molecule has 1 aliphatic carbocycles. The molecule has 0 atom stereocenters. The molecule has 3 N–H and O–H groups in total. The standard InChI is InChI=1S/C16H25N3O2/c1-19(7-8-21-11-12-3-4-12)10-14-9-13(16(17)18)5-6-15(14)20-2/h5-6,9,12H,3-4,7-8,10-11H2,1-2H3,(H3,17,18). The van der Waals surface area contributed by atoms with Crippen LogP contribution in [-0.4, -0.2) is 44.7 Å². The fraction of sp³-hybridized carbons (Fsp3) is 0.562. The Morgan fingerprint density at radius 1 is 1.43 bits per heavy atom. The first-order chi connectivity index (χ1) is 10.1. The van der Waals surface area contributed by atoms with Crippen LogP contribution in [-0.2, 0) is 11.3 Å². The van der Waals surface area contributed by atoms with Crippen LogP contribution in [0, 0.1) is 11.3 Å². The Bertz CT molecular complexity index is 486. The molecule has 0 aromatic heterocycles. The van der Waals surface area contributed by atoms with Gasteiger partial charge in [0.2, 0.25) is 0 Å². The Morgan fingerprint density at radius 2 is 2.19 bits per heavy atom. The third kappa shape index (κ3) is 5.02. The molecule has 0 saturated heterocycles. The summed E-state index contributed by atoms with van der Waals surface area (Å²) < 4.78 is 11.0. The first-order valence-electron chi connectivity index (χ1n) is 7.37. The molecule has 1 aromatic rings. The summed E-state index contributed by atoms with van der Waals surface area (Å²) in [5.74, 6) is 1.71. The van der Waals surface area contributed by atoms with E-state index in [-0.39, 0.29) is 5.84 Å². The van der Waals surface area contributed by atoms with E-state index in [0.29, 0.717) is 0 Å². The highest BCUT2D eigenvalue weighted by Crippen LogP contribution is 2.28. The highest BCUT2D eigenvalue weighted by Gasteiger charge is 2.21. The van der Waals surface area contributed by atoms with Crippen LogP contribution in [0.25, 0.3) is 0 Å². The van der Waals surface area contributed by atoms with E-state index in [1.807, 2.05) is 18.2 Å².